The first-order chi connectivity index (χ1) is 12.6. The third-order valence-corrected chi connectivity index (χ3v) is 5.57. The van der Waals surface area contributed by atoms with Gasteiger partial charge in [-0.3, -0.25) is 9.59 Å². The van der Waals surface area contributed by atoms with Crippen molar-refractivity contribution < 1.29 is 14.5 Å². The third kappa shape index (κ3) is 5.30. The van der Waals surface area contributed by atoms with Gasteiger partial charge in [-0.15, -0.1) is 0 Å². The van der Waals surface area contributed by atoms with Gasteiger partial charge in [0.05, 0.1) is 26.2 Å². The summed E-state index contributed by atoms with van der Waals surface area (Å²) in [6, 6.07) is 8.88. The highest BCUT2D eigenvalue weighted by Crippen LogP contribution is 2.09. The summed E-state index contributed by atoms with van der Waals surface area (Å²) in [6.45, 7) is 4.88. The van der Waals surface area contributed by atoms with Gasteiger partial charge in [-0.05, 0) is 41.1 Å². The molecule has 0 radical (unpaired) electrons. The SMILES string of the molecule is O=C(NCCC(=O)N1CC[NH+](Cc2ccsc2)CC1)c1ccc(Cl)cc1. The predicted octanol–water partition coefficient (Wildman–Crippen LogP) is 1.45. The summed E-state index contributed by atoms with van der Waals surface area (Å²) in [5.74, 6) is -0.0736. The monoisotopic (exact) mass is 392 g/mol. The minimum absolute atomic E-state index is 0.107. The Labute approximate surface area is 162 Å². The quantitative estimate of drug-likeness (QED) is 0.781. The van der Waals surface area contributed by atoms with Crippen LogP contribution in [0.5, 0.6) is 0 Å². The molecule has 5 nitrogen and oxygen atoms in total. The van der Waals surface area contributed by atoms with Crippen molar-refractivity contribution in [3.63, 3.8) is 0 Å². The van der Waals surface area contributed by atoms with Crippen molar-refractivity contribution in [2.75, 3.05) is 32.7 Å². The number of hydrogen-bond acceptors (Lipinski definition) is 3. The van der Waals surface area contributed by atoms with E-state index in [0.29, 0.717) is 23.6 Å². The summed E-state index contributed by atoms with van der Waals surface area (Å²) in [7, 11) is 0. The highest BCUT2D eigenvalue weighted by atomic mass is 35.5. The molecule has 1 aliphatic heterocycles. The van der Waals surface area contributed by atoms with E-state index in [1.165, 1.54) is 10.5 Å². The van der Waals surface area contributed by atoms with E-state index in [1.807, 2.05) is 4.90 Å². The second kappa shape index (κ2) is 9.16. The molecule has 1 aromatic carbocycles. The Morgan fingerprint density at radius 1 is 1.15 bits per heavy atom. The first-order valence-electron chi connectivity index (χ1n) is 8.78. The molecule has 0 spiro atoms. The zero-order chi connectivity index (χ0) is 18.4. The number of quaternary nitrogens is 1. The Morgan fingerprint density at radius 3 is 2.54 bits per heavy atom. The van der Waals surface area contributed by atoms with Crippen LogP contribution in [-0.4, -0.2) is 49.4 Å². The van der Waals surface area contributed by atoms with Crippen LogP contribution in [0.15, 0.2) is 41.1 Å². The smallest absolute Gasteiger partial charge is 0.251 e. The van der Waals surface area contributed by atoms with Crippen molar-refractivity contribution in [1.29, 1.82) is 0 Å². The zero-order valence-corrected chi connectivity index (χ0v) is 16.1. The molecule has 1 saturated heterocycles. The van der Waals surface area contributed by atoms with Crippen LogP contribution in [0.2, 0.25) is 5.02 Å². The number of nitrogens with one attached hydrogen (secondary N) is 2. The summed E-state index contributed by atoms with van der Waals surface area (Å²) >= 11 is 7.54. The van der Waals surface area contributed by atoms with Crippen molar-refractivity contribution in [1.82, 2.24) is 10.2 Å². The minimum atomic E-state index is -0.181. The van der Waals surface area contributed by atoms with E-state index in [-0.39, 0.29) is 11.8 Å². The number of hydrogen-bond donors (Lipinski definition) is 2. The Bertz CT molecular complexity index is 726. The van der Waals surface area contributed by atoms with Gasteiger partial charge in [0.15, 0.2) is 0 Å². The Morgan fingerprint density at radius 2 is 1.88 bits per heavy atom. The lowest BCUT2D eigenvalue weighted by Gasteiger charge is -2.32. The zero-order valence-electron chi connectivity index (χ0n) is 14.5. The highest BCUT2D eigenvalue weighted by Gasteiger charge is 2.23. The second-order valence-corrected chi connectivity index (χ2v) is 7.67. The van der Waals surface area contributed by atoms with Crippen molar-refractivity contribution in [2.24, 2.45) is 0 Å². The van der Waals surface area contributed by atoms with Crippen molar-refractivity contribution in [2.45, 2.75) is 13.0 Å². The number of carbonyl (C=O) groups excluding carboxylic acids is 2. The summed E-state index contributed by atoms with van der Waals surface area (Å²) in [5, 5.41) is 7.68. The van der Waals surface area contributed by atoms with Crippen LogP contribution in [0.4, 0.5) is 0 Å². The molecule has 2 amide bonds. The van der Waals surface area contributed by atoms with Crippen LogP contribution in [-0.2, 0) is 11.3 Å². The molecule has 1 aliphatic rings. The molecule has 138 valence electrons. The van der Waals surface area contributed by atoms with Crippen LogP contribution >= 0.6 is 22.9 Å². The molecule has 0 bridgehead atoms. The van der Waals surface area contributed by atoms with E-state index in [4.69, 9.17) is 11.6 Å². The molecule has 0 unspecified atom stereocenters. The fourth-order valence-corrected chi connectivity index (χ4v) is 3.87. The molecular formula is C19H23ClN3O2S+. The standard InChI is InChI=1S/C19H22ClN3O2S/c20-17-3-1-16(2-4-17)19(25)21-7-5-18(24)23-10-8-22(9-11-23)13-15-6-12-26-14-15/h1-4,6,12,14H,5,7-11,13H2,(H,21,25)/p+1. The van der Waals surface area contributed by atoms with Crippen LogP contribution in [0.1, 0.15) is 22.3 Å². The molecule has 1 aromatic heterocycles. The molecule has 26 heavy (non-hydrogen) atoms. The Kier molecular flexibility index (Phi) is 6.66. The molecule has 0 aliphatic carbocycles. The molecular weight excluding hydrogens is 370 g/mol. The summed E-state index contributed by atoms with van der Waals surface area (Å²) < 4.78 is 0. The topological polar surface area (TPSA) is 53.9 Å². The van der Waals surface area contributed by atoms with E-state index in [0.717, 1.165) is 32.7 Å². The van der Waals surface area contributed by atoms with E-state index < -0.39 is 0 Å². The maximum atomic E-state index is 12.3. The third-order valence-electron chi connectivity index (χ3n) is 4.59. The van der Waals surface area contributed by atoms with Gasteiger partial charge in [0.25, 0.3) is 5.91 Å². The number of benzene rings is 1. The molecule has 2 aromatic rings. The van der Waals surface area contributed by atoms with Crippen LogP contribution in [0.25, 0.3) is 0 Å². The lowest BCUT2D eigenvalue weighted by Crippen LogP contribution is -3.13. The van der Waals surface area contributed by atoms with Gasteiger partial charge in [0, 0.05) is 29.1 Å². The number of thiophene rings is 1. The van der Waals surface area contributed by atoms with E-state index in [1.54, 1.807) is 35.6 Å². The second-order valence-electron chi connectivity index (χ2n) is 6.45. The lowest BCUT2D eigenvalue weighted by atomic mass is 10.2. The number of rotatable bonds is 6. The lowest BCUT2D eigenvalue weighted by molar-refractivity contribution is -0.917. The Hall–Kier alpha value is -1.89. The first kappa shape index (κ1) is 18.9. The van der Waals surface area contributed by atoms with E-state index in [9.17, 15) is 9.59 Å². The van der Waals surface area contributed by atoms with E-state index >= 15 is 0 Å². The van der Waals surface area contributed by atoms with E-state index in [2.05, 4.69) is 22.1 Å². The molecule has 2 heterocycles. The van der Waals surface area contributed by atoms with Gasteiger partial charge in [-0.1, -0.05) is 11.6 Å². The van der Waals surface area contributed by atoms with Crippen LogP contribution < -0.4 is 10.2 Å². The van der Waals surface area contributed by atoms with Gasteiger partial charge >= 0.3 is 0 Å². The molecule has 0 atom stereocenters. The largest absolute Gasteiger partial charge is 0.352 e. The molecule has 2 N–H and O–H groups in total. The van der Waals surface area contributed by atoms with Crippen molar-refractivity contribution >= 4 is 34.8 Å². The van der Waals surface area contributed by atoms with Gasteiger partial charge in [-0.25, -0.2) is 0 Å². The molecule has 3 rings (SSSR count). The number of carbonyl (C=O) groups is 2. The molecule has 0 saturated carbocycles. The predicted molar refractivity (Wildman–Crippen MR) is 104 cm³/mol. The summed E-state index contributed by atoms with van der Waals surface area (Å²) in [5.41, 5.74) is 1.92. The normalized spacial score (nSPS) is 15.0. The fourth-order valence-electron chi connectivity index (χ4n) is 3.08. The van der Waals surface area contributed by atoms with Crippen molar-refractivity contribution in [3.8, 4) is 0 Å². The number of halogens is 1. The molecule has 1 fully saturated rings. The minimum Gasteiger partial charge on any atom is -0.352 e. The summed E-state index contributed by atoms with van der Waals surface area (Å²) in [6.07, 6.45) is 0.333. The van der Waals surface area contributed by atoms with Gasteiger partial charge < -0.3 is 15.1 Å². The average molecular weight is 393 g/mol. The summed E-state index contributed by atoms with van der Waals surface area (Å²) in [4.78, 5) is 27.8. The highest BCUT2D eigenvalue weighted by molar-refractivity contribution is 7.07. The van der Waals surface area contributed by atoms with Crippen molar-refractivity contribution in [3.05, 3.63) is 57.2 Å². The van der Waals surface area contributed by atoms with Gasteiger partial charge in [0.1, 0.15) is 6.54 Å². The fraction of sp³-hybridized carbons (Fsp3) is 0.368. The maximum Gasteiger partial charge on any atom is 0.251 e. The maximum absolute atomic E-state index is 12.3. The number of nitrogens with zero attached hydrogens (tertiary/aromatic N) is 1. The molecule has 7 heteroatoms. The first-order valence-corrected chi connectivity index (χ1v) is 10.1. The number of piperazine rings is 1. The Balaban J connectivity index is 1.36. The van der Waals surface area contributed by atoms with Gasteiger partial charge in [-0.2, -0.15) is 11.3 Å². The van der Waals surface area contributed by atoms with Gasteiger partial charge in [0.2, 0.25) is 5.91 Å². The van der Waals surface area contributed by atoms with Crippen LogP contribution in [0, 0.1) is 0 Å². The van der Waals surface area contributed by atoms with Crippen LogP contribution in [0.3, 0.4) is 0 Å². The average Bonchev–Trinajstić information content (AvgIpc) is 3.15. The number of amides is 2.